The molecule has 1 heterocycles. The number of imide groups is 1. The monoisotopic (exact) mass is 276 g/mol. The zero-order valence-corrected chi connectivity index (χ0v) is 12.0. The lowest BCUT2D eigenvalue weighted by Crippen LogP contribution is -2.60. The van der Waals surface area contributed by atoms with Crippen molar-refractivity contribution in [2.75, 3.05) is 18.5 Å². The summed E-state index contributed by atoms with van der Waals surface area (Å²) in [5, 5.41) is 2.31. The molecule has 6 heteroatoms. The number of benzene rings is 1. The minimum absolute atomic E-state index is 0.253. The Morgan fingerprint density at radius 1 is 1.30 bits per heavy atom. The van der Waals surface area contributed by atoms with Crippen molar-refractivity contribution in [2.45, 2.75) is 32.2 Å². The largest absolute Gasteiger partial charge is 0.397 e. The molecule has 1 aromatic carbocycles. The van der Waals surface area contributed by atoms with Gasteiger partial charge in [-0.25, -0.2) is 4.79 Å². The SMILES string of the molecule is Cc1cc(N)c(N)cc1CC1(C)CC(=O)NC(=O)N1C. The first-order chi connectivity index (χ1) is 9.23. The van der Waals surface area contributed by atoms with Gasteiger partial charge >= 0.3 is 6.03 Å². The molecular weight excluding hydrogens is 256 g/mol. The molecule has 0 aliphatic carbocycles. The van der Waals surface area contributed by atoms with Crippen molar-refractivity contribution in [3.05, 3.63) is 23.3 Å². The number of rotatable bonds is 2. The van der Waals surface area contributed by atoms with Gasteiger partial charge in [0.15, 0.2) is 0 Å². The molecule has 1 fully saturated rings. The lowest BCUT2D eigenvalue weighted by Gasteiger charge is -2.42. The number of carbonyl (C=O) groups excluding carboxylic acids is 2. The summed E-state index contributed by atoms with van der Waals surface area (Å²) in [6, 6.07) is 3.27. The van der Waals surface area contributed by atoms with Crippen LogP contribution in [0.2, 0.25) is 0 Å². The van der Waals surface area contributed by atoms with E-state index in [2.05, 4.69) is 5.32 Å². The molecule has 0 bridgehead atoms. The second-order valence-corrected chi connectivity index (χ2v) is 5.67. The highest BCUT2D eigenvalue weighted by atomic mass is 16.2. The maximum absolute atomic E-state index is 11.8. The van der Waals surface area contributed by atoms with E-state index in [1.807, 2.05) is 26.0 Å². The molecular formula is C14H20N4O2. The molecule has 108 valence electrons. The third kappa shape index (κ3) is 2.41. The number of likely N-dealkylation sites (N-methyl/N-ethyl adjacent to an activating group) is 1. The number of hydrogen-bond donors (Lipinski definition) is 3. The molecule has 6 nitrogen and oxygen atoms in total. The van der Waals surface area contributed by atoms with Gasteiger partial charge in [0, 0.05) is 7.05 Å². The summed E-state index contributed by atoms with van der Waals surface area (Å²) in [6.07, 6.45) is 0.817. The molecule has 1 unspecified atom stereocenters. The molecule has 5 N–H and O–H groups in total. The van der Waals surface area contributed by atoms with Gasteiger partial charge in [-0.05, 0) is 43.5 Å². The van der Waals surface area contributed by atoms with E-state index in [4.69, 9.17) is 11.5 Å². The first-order valence-corrected chi connectivity index (χ1v) is 6.45. The summed E-state index contributed by atoms with van der Waals surface area (Å²) < 4.78 is 0. The second kappa shape index (κ2) is 4.70. The van der Waals surface area contributed by atoms with E-state index in [-0.39, 0.29) is 18.4 Å². The molecule has 0 radical (unpaired) electrons. The summed E-state index contributed by atoms with van der Waals surface area (Å²) in [4.78, 5) is 25.0. The number of nitrogens with zero attached hydrogens (tertiary/aromatic N) is 1. The lowest BCUT2D eigenvalue weighted by molar-refractivity contribution is -0.124. The van der Waals surface area contributed by atoms with Gasteiger partial charge in [0.1, 0.15) is 0 Å². The number of amides is 3. The Labute approximate surface area is 118 Å². The van der Waals surface area contributed by atoms with E-state index < -0.39 is 5.54 Å². The van der Waals surface area contributed by atoms with E-state index in [9.17, 15) is 9.59 Å². The van der Waals surface area contributed by atoms with Crippen LogP contribution < -0.4 is 16.8 Å². The highest BCUT2D eigenvalue weighted by Crippen LogP contribution is 2.30. The van der Waals surface area contributed by atoms with Gasteiger partial charge in [-0.2, -0.15) is 0 Å². The van der Waals surface area contributed by atoms with E-state index in [1.54, 1.807) is 11.9 Å². The molecule has 2 rings (SSSR count). The molecule has 0 spiro atoms. The third-order valence-corrected chi connectivity index (χ3v) is 4.01. The summed E-state index contributed by atoms with van der Waals surface area (Å²) >= 11 is 0. The highest BCUT2D eigenvalue weighted by Gasteiger charge is 2.40. The van der Waals surface area contributed by atoms with Gasteiger partial charge in [0.2, 0.25) is 5.91 Å². The Bertz CT molecular complexity index is 585. The fourth-order valence-electron chi connectivity index (χ4n) is 2.53. The molecule has 1 aliphatic heterocycles. The zero-order chi connectivity index (χ0) is 15.1. The number of nitrogen functional groups attached to an aromatic ring is 2. The molecule has 3 amide bonds. The van der Waals surface area contributed by atoms with Crippen molar-refractivity contribution in [2.24, 2.45) is 0 Å². The first kappa shape index (κ1) is 14.2. The van der Waals surface area contributed by atoms with Gasteiger partial charge in [0.25, 0.3) is 0 Å². The average molecular weight is 276 g/mol. The van der Waals surface area contributed by atoms with Crippen LogP contribution in [-0.4, -0.2) is 29.4 Å². The summed E-state index contributed by atoms with van der Waals surface area (Å²) in [5.74, 6) is -0.253. The van der Waals surface area contributed by atoms with Crippen molar-refractivity contribution in [1.82, 2.24) is 10.2 Å². The second-order valence-electron chi connectivity index (χ2n) is 5.67. The fraction of sp³-hybridized carbons (Fsp3) is 0.429. The van der Waals surface area contributed by atoms with Crippen molar-refractivity contribution >= 4 is 23.3 Å². The van der Waals surface area contributed by atoms with Gasteiger partial charge in [0.05, 0.1) is 23.3 Å². The molecule has 1 atom stereocenters. The van der Waals surface area contributed by atoms with E-state index in [0.717, 1.165) is 11.1 Å². The standard InChI is InChI=1S/C14H20N4O2/c1-8-4-10(15)11(16)5-9(8)6-14(2)7-12(19)17-13(20)18(14)3/h4-5H,6-7,15-16H2,1-3H3,(H,17,19,20). The van der Waals surface area contributed by atoms with Crippen molar-refractivity contribution in [1.29, 1.82) is 0 Å². The van der Waals surface area contributed by atoms with Crippen molar-refractivity contribution in [3.8, 4) is 0 Å². The summed E-state index contributed by atoms with van der Waals surface area (Å²) in [5.41, 5.74) is 14.1. The molecule has 1 saturated heterocycles. The fourth-order valence-corrected chi connectivity index (χ4v) is 2.53. The third-order valence-electron chi connectivity index (χ3n) is 4.01. The number of hydrogen-bond acceptors (Lipinski definition) is 4. The van der Waals surface area contributed by atoms with Gasteiger partial charge in [-0.1, -0.05) is 0 Å². The molecule has 20 heavy (non-hydrogen) atoms. The number of anilines is 2. The molecule has 1 aliphatic rings. The topological polar surface area (TPSA) is 101 Å². The number of carbonyl (C=O) groups is 2. The predicted molar refractivity (Wildman–Crippen MR) is 78.0 cm³/mol. The first-order valence-electron chi connectivity index (χ1n) is 6.45. The number of urea groups is 1. The van der Waals surface area contributed by atoms with Gasteiger partial charge < -0.3 is 16.4 Å². The average Bonchev–Trinajstić information content (AvgIpc) is 2.33. The Hall–Kier alpha value is -2.24. The maximum atomic E-state index is 11.8. The van der Waals surface area contributed by atoms with Crippen LogP contribution in [0.3, 0.4) is 0 Å². The Morgan fingerprint density at radius 2 is 1.90 bits per heavy atom. The summed E-state index contributed by atoms with van der Waals surface area (Å²) in [6.45, 7) is 3.84. The predicted octanol–water partition coefficient (Wildman–Crippen LogP) is 1.03. The quantitative estimate of drug-likeness (QED) is 0.702. The van der Waals surface area contributed by atoms with Crippen molar-refractivity contribution < 1.29 is 9.59 Å². The van der Waals surface area contributed by atoms with Crippen LogP contribution in [0.15, 0.2) is 12.1 Å². The number of aryl methyl sites for hydroxylation is 1. The van der Waals surface area contributed by atoms with Crippen LogP contribution in [-0.2, 0) is 11.2 Å². The lowest BCUT2D eigenvalue weighted by atomic mass is 9.85. The molecule has 0 aromatic heterocycles. The van der Waals surface area contributed by atoms with Crippen LogP contribution in [0.5, 0.6) is 0 Å². The molecule has 1 aromatic rings. The minimum atomic E-state index is -0.563. The van der Waals surface area contributed by atoms with Crippen LogP contribution in [0.1, 0.15) is 24.5 Å². The zero-order valence-electron chi connectivity index (χ0n) is 12.0. The van der Waals surface area contributed by atoms with Gasteiger partial charge in [-0.15, -0.1) is 0 Å². The maximum Gasteiger partial charge on any atom is 0.324 e. The summed E-state index contributed by atoms with van der Waals surface area (Å²) in [7, 11) is 1.69. The highest BCUT2D eigenvalue weighted by molar-refractivity contribution is 5.97. The smallest absolute Gasteiger partial charge is 0.324 e. The minimum Gasteiger partial charge on any atom is -0.397 e. The number of nitrogens with two attached hydrogens (primary N) is 2. The Morgan fingerprint density at radius 3 is 2.55 bits per heavy atom. The number of nitrogens with one attached hydrogen (secondary N) is 1. The van der Waals surface area contributed by atoms with Crippen LogP contribution in [0.4, 0.5) is 16.2 Å². The Balaban J connectivity index is 2.34. The van der Waals surface area contributed by atoms with Crippen molar-refractivity contribution in [3.63, 3.8) is 0 Å². The normalized spacial score (nSPS) is 22.9. The van der Waals surface area contributed by atoms with Crippen LogP contribution in [0, 0.1) is 6.92 Å². The van der Waals surface area contributed by atoms with Crippen LogP contribution >= 0.6 is 0 Å². The van der Waals surface area contributed by atoms with E-state index in [1.165, 1.54) is 0 Å². The van der Waals surface area contributed by atoms with Gasteiger partial charge in [-0.3, -0.25) is 10.1 Å². The molecule has 0 saturated carbocycles. The Kier molecular flexibility index (Phi) is 3.33. The van der Waals surface area contributed by atoms with Crippen LogP contribution in [0.25, 0.3) is 0 Å². The van der Waals surface area contributed by atoms with E-state index in [0.29, 0.717) is 17.8 Å². The van der Waals surface area contributed by atoms with E-state index >= 15 is 0 Å².